The molecule has 0 bridgehead atoms. The van der Waals surface area contributed by atoms with E-state index in [2.05, 4.69) is 6.58 Å². The summed E-state index contributed by atoms with van der Waals surface area (Å²) in [5, 5.41) is 8.61. The molecule has 0 aliphatic rings. The van der Waals surface area contributed by atoms with Gasteiger partial charge in [0.25, 0.3) is 0 Å². The van der Waals surface area contributed by atoms with Gasteiger partial charge in [0.15, 0.2) is 12.4 Å². The van der Waals surface area contributed by atoms with E-state index in [9.17, 15) is 9.59 Å². The van der Waals surface area contributed by atoms with Gasteiger partial charge < -0.3 is 19.3 Å². The van der Waals surface area contributed by atoms with E-state index < -0.39 is 5.97 Å². The number of ketones is 1. The van der Waals surface area contributed by atoms with Crippen molar-refractivity contribution in [3.05, 3.63) is 39.9 Å². The van der Waals surface area contributed by atoms with E-state index in [4.69, 9.17) is 42.5 Å². The van der Waals surface area contributed by atoms with Crippen LogP contribution >= 0.6 is 23.2 Å². The number of hydrogen-bond donors (Lipinski definition) is 1. The smallest absolute Gasteiger partial charge is 0.344 e. The highest BCUT2D eigenvalue weighted by atomic mass is 35.5. The maximum absolute atomic E-state index is 12.1. The van der Waals surface area contributed by atoms with Crippen LogP contribution in [0.4, 0.5) is 0 Å². The van der Waals surface area contributed by atoms with E-state index in [0.717, 1.165) is 0 Å². The standard InChI is InChI=1S/C17H20Cl2O6/c1-3-11(2)17(22)12-4-5-13(16(19)15(12)18)25-10-14(21)24-9-8-23-7-6-20/h4-5,20H,2-3,6-10H2,1H3. The minimum Gasteiger partial charge on any atom is -0.480 e. The van der Waals surface area contributed by atoms with Crippen LogP contribution in [0.25, 0.3) is 0 Å². The summed E-state index contributed by atoms with van der Waals surface area (Å²) >= 11 is 12.2. The summed E-state index contributed by atoms with van der Waals surface area (Å²) < 4.78 is 15.1. The Hall–Kier alpha value is -1.60. The molecule has 1 aromatic rings. The Kier molecular flexibility index (Phi) is 9.52. The molecule has 0 radical (unpaired) electrons. The number of benzene rings is 1. The minimum atomic E-state index is -0.612. The quantitative estimate of drug-likeness (QED) is 0.270. The summed E-state index contributed by atoms with van der Waals surface area (Å²) in [7, 11) is 0. The molecule has 0 saturated heterocycles. The molecule has 0 fully saturated rings. The number of Topliss-reactive ketones (excluding diaryl/α,β-unsaturated/α-hetero) is 1. The maximum Gasteiger partial charge on any atom is 0.344 e. The molecular weight excluding hydrogens is 371 g/mol. The minimum absolute atomic E-state index is 0.0375. The van der Waals surface area contributed by atoms with Crippen molar-refractivity contribution in [2.45, 2.75) is 13.3 Å². The molecule has 138 valence electrons. The van der Waals surface area contributed by atoms with E-state index in [-0.39, 0.29) is 60.2 Å². The number of carbonyl (C=O) groups is 2. The lowest BCUT2D eigenvalue weighted by atomic mass is 10.0. The average Bonchev–Trinajstić information content (AvgIpc) is 2.61. The first-order valence-electron chi connectivity index (χ1n) is 7.59. The molecule has 0 spiro atoms. The molecule has 0 heterocycles. The van der Waals surface area contributed by atoms with Gasteiger partial charge in [-0.1, -0.05) is 36.7 Å². The SMILES string of the molecule is C=C(CC)C(=O)c1ccc(OCC(=O)OCCOCCO)c(Cl)c1Cl. The van der Waals surface area contributed by atoms with Gasteiger partial charge in [0, 0.05) is 5.56 Å². The predicted molar refractivity (Wildman–Crippen MR) is 94.6 cm³/mol. The van der Waals surface area contributed by atoms with Crippen LogP contribution in [0.2, 0.25) is 10.0 Å². The summed E-state index contributed by atoms with van der Waals surface area (Å²) in [6.45, 7) is 5.43. The second kappa shape index (κ2) is 11.1. The van der Waals surface area contributed by atoms with Gasteiger partial charge in [0.1, 0.15) is 17.4 Å². The summed E-state index contributed by atoms with van der Waals surface area (Å²) in [4.78, 5) is 23.7. The first kappa shape index (κ1) is 21.4. The Morgan fingerprint density at radius 2 is 1.88 bits per heavy atom. The van der Waals surface area contributed by atoms with Crippen molar-refractivity contribution in [1.82, 2.24) is 0 Å². The number of esters is 1. The zero-order valence-electron chi connectivity index (χ0n) is 13.8. The van der Waals surface area contributed by atoms with Gasteiger partial charge in [-0.05, 0) is 24.1 Å². The third-order valence-electron chi connectivity index (χ3n) is 3.11. The van der Waals surface area contributed by atoms with Gasteiger partial charge >= 0.3 is 5.97 Å². The van der Waals surface area contributed by atoms with Crippen molar-refractivity contribution in [3.63, 3.8) is 0 Å². The van der Waals surface area contributed by atoms with Gasteiger partial charge in [0.2, 0.25) is 0 Å². The molecule has 1 rings (SSSR count). The van der Waals surface area contributed by atoms with E-state index in [0.29, 0.717) is 12.0 Å². The van der Waals surface area contributed by atoms with Crippen LogP contribution in [0.3, 0.4) is 0 Å². The van der Waals surface area contributed by atoms with Crippen LogP contribution in [0.1, 0.15) is 23.7 Å². The number of ether oxygens (including phenoxy) is 3. The Morgan fingerprint density at radius 3 is 2.52 bits per heavy atom. The number of aliphatic hydroxyl groups excluding tert-OH is 1. The molecule has 0 aromatic heterocycles. The average molecular weight is 391 g/mol. The van der Waals surface area contributed by atoms with Crippen molar-refractivity contribution in [1.29, 1.82) is 0 Å². The molecule has 0 unspecified atom stereocenters. The third kappa shape index (κ3) is 6.66. The third-order valence-corrected chi connectivity index (χ3v) is 3.98. The van der Waals surface area contributed by atoms with Gasteiger partial charge in [-0.2, -0.15) is 0 Å². The second-order valence-corrected chi connectivity index (χ2v) is 5.63. The lowest BCUT2D eigenvalue weighted by molar-refractivity contribution is -0.147. The molecular formula is C17H20Cl2O6. The molecule has 25 heavy (non-hydrogen) atoms. The molecule has 0 amide bonds. The van der Waals surface area contributed by atoms with Crippen LogP contribution in [-0.4, -0.2) is 49.9 Å². The van der Waals surface area contributed by atoms with E-state index in [1.807, 2.05) is 6.92 Å². The molecule has 0 aliphatic carbocycles. The second-order valence-electron chi connectivity index (χ2n) is 4.87. The number of halogens is 2. The van der Waals surface area contributed by atoms with Crippen molar-refractivity contribution < 1.29 is 28.9 Å². The number of aliphatic hydroxyl groups is 1. The molecule has 8 heteroatoms. The van der Waals surface area contributed by atoms with Crippen LogP contribution in [0.5, 0.6) is 5.75 Å². The molecule has 6 nitrogen and oxygen atoms in total. The first-order chi connectivity index (χ1) is 11.9. The van der Waals surface area contributed by atoms with Gasteiger partial charge in [-0.15, -0.1) is 0 Å². The molecule has 0 atom stereocenters. The highest BCUT2D eigenvalue weighted by Gasteiger charge is 2.18. The number of rotatable bonds is 11. The number of hydrogen-bond acceptors (Lipinski definition) is 6. The summed E-state index contributed by atoms with van der Waals surface area (Å²) in [5.74, 6) is -0.735. The summed E-state index contributed by atoms with van der Waals surface area (Å²) in [6, 6.07) is 2.93. The van der Waals surface area contributed by atoms with E-state index >= 15 is 0 Å². The zero-order chi connectivity index (χ0) is 18.8. The fourth-order valence-electron chi connectivity index (χ4n) is 1.73. The van der Waals surface area contributed by atoms with Crippen molar-refractivity contribution in [2.75, 3.05) is 33.0 Å². The number of allylic oxidation sites excluding steroid dienone is 1. The lowest BCUT2D eigenvalue weighted by Crippen LogP contribution is -2.18. The Bertz CT molecular complexity index is 630. The highest BCUT2D eigenvalue weighted by Crippen LogP contribution is 2.35. The predicted octanol–water partition coefficient (Wildman–Crippen LogP) is 3.07. The molecule has 1 aromatic carbocycles. The largest absolute Gasteiger partial charge is 0.480 e. The fourth-order valence-corrected chi connectivity index (χ4v) is 2.19. The van der Waals surface area contributed by atoms with E-state index in [1.54, 1.807) is 0 Å². The van der Waals surface area contributed by atoms with Crippen LogP contribution in [-0.2, 0) is 14.3 Å². The lowest BCUT2D eigenvalue weighted by Gasteiger charge is -2.12. The van der Waals surface area contributed by atoms with Crippen molar-refractivity contribution in [2.24, 2.45) is 0 Å². The summed E-state index contributed by atoms with van der Waals surface area (Å²) in [6.07, 6.45) is 0.499. The molecule has 0 aliphatic heterocycles. The topological polar surface area (TPSA) is 82.1 Å². The Morgan fingerprint density at radius 1 is 1.16 bits per heavy atom. The van der Waals surface area contributed by atoms with Crippen LogP contribution in [0, 0.1) is 0 Å². The molecule has 1 N–H and O–H groups in total. The fraction of sp³-hybridized carbons (Fsp3) is 0.412. The zero-order valence-corrected chi connectivity index (χ0v) is 15.4. The van der Waals surface area contributed by atoms with Crippen molar-refractivity contribution in [3.8, 4) is 5.75 Å². The normalized spacial score (nSPS) is 10.4. The maximum atomic E-state index is 12.1. The van der Waals surface area contributed by atoms with Crippen LogP contribution in [0.15, 0.2) is 24.3 Å². The Balaban J connectivity index is 2.60. The number of carbonyl (C=O) groups excluding carboxylic acids is 2. The van der Waals surface area contributed by atoms with Crippen LogP contribution < -0.4 is 4.74 Å². The van der Waals surface area contributed by atoms with Crippen molar-refractivity contribution >= 4 is 35.0 Å². The monoisotopic (exact) mass is 390 g/mol. The van der Waals surface area contributed by atoms with E-state index in [1.165, 1.54) is 12.1 Å². The Labute approximate surface area is 156 Å². The first-order valence-corrected chi connectivity index (χ1v) is 8.35. The van der Waals surface area contributed by atoms with Gasteiger partial charge in [-0.3, -0.25) is 4.79 Å². The van der Waals surface area contributed by atoms with Gasteiger partial charge in [0.05, 0.1) is 24.8 Å². The molecule has 0 saturated carbocycles. The summed E-state index contributed by atoms with van der Waals surface area (Å²) in [5.41, 5.74) is 0.646. The van der Waals surface area contributed by atoms with Gasteiger partial charge in [-0.25, -0.2) is 4.79 Å². The highest BCUT2D eigenvalue weighted by molar-refractivity contribution is 6.45.